The standard InChI is InChI=1S/C23H41NO4/c1-5-6-7-11-16-27-17-19-18(20-13-14-21(19)28-20)12-9-8-10-15-23(2,3)22(24-25)26-4/h8-9,18-22H,5-7,10-17H2,1-4H3/t18-,19+,20-,21+,22?/m0/s1. The molecule has 0 amide bonds. The van der Waals surface area contributed by atoms with Crippen LogP contribution in [0.15, 0.2) is 17.3 Å². The lowest BCUT2D eigenvalue weighted by Crippen LogP contribution is -2.30. The van der Waals surface area contributed by atoms with Gasteiger partial charge >= 0.3 is 0 Å². The summed E-state index contributed by atoms with van der Waals surface area (Å²) in [7, 11) is 1.55. The van der Waals surface area contributed by atoms with Crippen LogP contribution >= 0.6 is 0 Å². The molecule has 162 valence electrons. The molecule has 1 unspecified atom stereocenters. The van der Waals surface area contributed by atoms with E-state index in [9.17, 15) is 4.91 Å². The molecule has 0 saturated carbocycles. The van der Waals surface area contributed by atoms with Crippen molar-refractivity contribution in [2.24, 2.45) is 22.4 Å². The largest absolute Gasteiger partial charge is 0.381 e. The number of unbranched alkanes of at least 4 members (excludes halogenated alkanes) is 3. The average molecular weight is 396 g/mol. The Morgan fingerprint density at radius 3 is 2.57 bits per heavy atom. The minimum absolute atomic E-state index is 0.246. The Morgan fingerprint density at radius 1 is 1.14 bits per heavy atom. The highest BCUT2D eigenvalue weighted by Crippen LogP contribution is 2.45. The third-order valence-electron chi connectivity index (χ3n) is 6.56. The zero-order chi connectivity index (χ0) is 20.4. The number of rotatable bonds is 15. The molecule has 2 bridgehead atoms. The van der Waals surface area contributed by atoms with Crippen molar-refractivity contribution in [3.63, 3.8) is 0 Å². The highest BCUT2D eigenvalue weighted by Gasteiger charge is 2.48. The maximum absolute atomic E-state index is 10.9. The van der Waals surface area contributed by atoms with Gasteiger partial charge in [-0.3, -0.25) is 0 Å². The van der Waals surface area contributed by atoms with Crippen LogP contribution in [-0.4, -0.2) is 38.8 Å². The molecular weight excluding hydrogens is 354 g/mol. The molecule has 2 heterocycles. The Balaban J connectivity index is 1.72. The van der Waals surface area contributed by atoms with Gasteiger partial charge in [0.25, 0.3) is 0 Å². The van der Waals surface area contributed by atoms with Gasteiger partial charge in [-0.1, -0.05) is 52.2 Å². The van der Waals surface area contributed by atoms with Crippen LogP contribution in [0.4, 0.5) is 0 Å². The summed E-state index contributed by atoms with van der Waals surface area (Å²) in [6.07, 6.45) is 15.1. The van der Waals surface area contributed by atoms with Gasteiger partial charge in [0.1, 0.15) is 0 Å². The van der Waals surface area contributed by atoms with E-state index in [2.05, 4.69) is 24.3 Å². The predicted octanol–water partition coefficient (Wildman–Crippen LogP) is 5.87. The quantitative estimate of drug-likeness (QED) is 0.198. The SMILES string of the molecule is CCCCCCOC[C@@H]1[C@H](CC=CCCC(C)(C)C(N=O)OC)[C@@H]2CC[C@H]1O2. The second-order valence-corrected chi connectivity index (χ2v) is 9.18. The van der Waals surface area contributed by atoms with E-state index < -0.39 is 6.23 Å². The van der Waals surface area contributed by atoms with Crippen LogP contribution in [-0.2, 0) is 14.2 Å². The minimum atomic E-state index is -0.585. The molecule has 0 aromatic heterocycles. The smallest absolute Gasteiger partial charge is 0.194 e. The van der Waals surface area contributed by atoms with Crippen molar-refractivity contribution >= 4 is 0 Å². The van der Waals surface area contributed by atoms with Crippen LogP contribution in [0, 0.1) is 22.2 Å². The van der Waals surface area contributed by atoms with E-state index in [0.717, 1.165) is 32.5 Å². The van der Waals surface area contributed by atoms with Gasteiger partial charge in [0.15, 0.2) is 6.23 Å². The van der Waals surface area contributed by atoms with Crippen molar-refractivity contribution < 1.29 is 14.2 Å². The topological polar surface area (TPSA) is 57.1 Å². The second-order valence-electron chi connectivity index (χ2n) is 9.18. The van der Waals surface area contributed by atoms with E-state index in [-0.39, 0.29) is 5.41 Å². The first-order valence-corrected chi connectivity index (χ1v) is 11.3. The van der Waals surface area contributed by atoms with Crippen LogP contribution in [0.1, 0.15) is 78.6 Å². The minimum Gasteiger partial charge on any atom is -0.381 e. The van der Waals surface area contributed by atoms with Crippen LogP contribution < -0.4 is 0 Å². The third kappa shape index (κ3) is 6.64. The second kappa shape index (κ2) is 12.0. The molecule has 5 nitrogen and oxygen atoms in total. The van der Waals surface area contributed by atoms with Gasteiger partial charge in [0.05, 0.1) is 18.8 Å². The Labute approximate surface area is 171 Å². The first kappa shape index (κ1) is 23.5. The maximum Gasteiger partial charge on any atom is 0.194 e. The van der Waals surface area contributed by atoms with E-state index in [4.69, 9.17) is 14.2 Å². The van der Waals surface area contributed by atoms with Gasteiger partial charge in [-0.15, -0.1) is 4.91 Å². The highest BCUT2D eigenvalue weighted by atomic mass is 16.5. The fourth-order valence-corrected chi connectivity index (χ4v) is 4.73. The first-order valence-electron chi connectivity index (χ1n) is 11.3. The molecular formula is C23H41NO4. The summed E-state index contributed by atoms with van der Waals surface area (Å²) in [6.45, 7) is 8.04. The number of nitrogens with zero attached hydrogens (tertiary/aromatic N) is 1. The molecule has 28 heavy (non-hydrogen) atoms. The number of hydrogen-bond donors (Lipinski definition) is 0. The molecule has 2 aliphatic heterocycles. The lowest BCUT2D eigenvalue weighted by Gasteiger charge is -2.28. The fraction of sp³-hybridized carbons (Fsp3) is 0.913. The molecule has 2 fully saturated rings. The molecule has 0 aromatic rings. The van der Waals surface area contributed by atoms with Gasteiger partial charge in [-0.25, -0.2) is 0 Å². The van der Waals surface area contributed by atoms with Gasteiger partial charge in [0.2, 0.25) is 0 Å². The lowest BCUT2D eigenvalue weighted by atomic mass is 9.78. The summed E-state index contributed by atoms with van der Waals surface area (Å²) in [5.74, 6) is 1.13. The molecule has 2 saturated heterocycles. The van der Waals surface area contributed by atoms with Crippen LogP contribution in [0.2, 0.25) is 0 Å². The number of allylic oxidation sites excluding steroid dienone is 2. The number of hydrogen-bond acceptors (Lipinski definition) is 5. The van der Waals surface area contributed by atoms with Crippen molar-refractivity contribution in [3.8, 4) is 0 Å². The van der Waals surface area contributed by atoms with Crippen LogP contribution in [0.5, 0.6) is 0 Å². The number of ether oxygens (including phenoxy) is 3. The molecule has 0 N–H and O–H groups in total. The summed E-state index contributed by atoms with van der Waals surface area (Å²) in [4.78, 5) is 10.9. The van der Waals surface area contributed by atoms with Crippen molar-refractivity contribution in [2.75, 3.05) is 20.3 Å². The fourth-order valence-electron chi connectivity index (χ4n) is 4.73. The number of nitroso groups, excluding NO2 is 1. The van der Waals surface area contributed by atoms with E-state index in [1.807, 2.05) is 13.8 Å². The van der Waals surface area contributed by atoms with E-state index in [0.29, 0.717) is 24.0 Å². The zero-order valence-corrected chi connectivity index (χ0v) is 18.4. The Hall–Kier alpha value is -0.780. The Morgan fingerprint density at radius 2 is 1.89 bits per heavy atom. The number of methoxy groups -OCH3 is 1. The normalized spacial score (nSPS) is 28.3. The van der Waals surface area contributed by atoms with Crippen molar-refractivity contribution in [3.05, 3.63) is 17.1 Å². The molecule has 0 aromatic carbocycles. The summed E-state index contributed by atoms with van der Waals surface area (Å²) in [5.41, 5.74) is -0.246. The Bertz CT molecular complexity index is 479. The maximum atomic E-state index is 10.9. The highest BCUT2D eigenvalue weighted by molar-refractivity contribution is 5.00. The average Bonchev–Trinajstić information content (AvgIpc) is 3.27. The summed E-state index contributed by atoms with van der Waals surface area (Å²) < 4.78 is 17.4. The molecule has 5 heteroatoms. The van der Waals surface area contributed by atoms with Crippen molar-refractivity contribution in [1.29, 1.82) is 0 Å². The van der Waals surface area contributed by atoms with E-state index in [1.54, 1.807) is 7.11 Å². The van der Waals surface area contributed by atoms with Crippen LogP contribution in [0.25, 0.3) is 0 Å². The summed E-state index contributed by atoms with van der Waals surface area (Å²) in [6, 6.07) is 0. The van der Waals surface area contributed by atoms with E-state index in [1.165, 1.54) is 38.5 Å². The summed E-state index contributed by atoms with van der Waals surface area (Å²) >= 11 is 0. The van der Waals surface area contributed by atoms with Gasteiger partial charge in [0, 0.05) is 25.0 Å². The third-order valence-corrected chi connectivity index (χ3v) is 6.56. The van der Waals surface area contributed by atoms with E-state index >= 15 is 0 Å². The molecule has 5 atom stereocenters. The first-order chi connectivity index (χ1) is 13.5. The Kier molecular flexibility index (Phi) is 10.1. The van der Waals surface area contributed by atoms with Gasteiger partial charge < -0.3 is 14.2 Å². The van der Waals surface area contributed by atoms with Crippen molar-refractivity contribution in [1.82, 2.24) is 0 Å². The molecule has 2 rings (SSSR count). The molecule has 0 spiro atoms. The van der Waals surface area contributed by atoms with Gasteiger partial charge in [-0.2, -0.15) is 0 Å². The molecule has 0 aliphatic carbocycles. The molecule has 2 aliphatic rings. The van der Waals surface area contributed by atoms with Crippen molar-refractivity contribution in [2.45, 2.75) is 97.0 Å². The monoisotopic (exact) mass is 395 g/mol. The van der Waals surface area contributed by atoms with Crippen LogP contribution in [0.3, 0.4) is 0 Å². The molecule has 0 radical (unpaired) electrons. The summed E-state index contributed by atoms with van der Waals surface area (Å²) in [5, 5.41) is 3.10. The predicted molar refractivity (Wildman–Crippen MR) is 113 cm³/mol. The van der Waals surface area contributed by atoms with Gasteiger partial charge in [-0.05, 0) is 49.6 Å². The lowest BCUT2D eigenvalue weighted by molar-refractivity contribution is 0.00832. The zero-order valence-electron chi connectivity index (χ0n) is 18.4. The number of fused-ring (bicyclic) bond motifs is 2.